The Hall–Kier alpha value is -1.93. The van der Waals surface area contributed by atoms with E-state index in [-0.39, 0.29) is 12.0 Å². The van der Waals surface area contributed by atoms with Crippen LogP contribution in [0.3, 0.4) is 0 Å². The zero-order valence-electron chi connectivity index (χ0n) is 9.64. The number of hydrogen-bond acceptors (Lipinski definition) is 5. The van der Waals surface area contributed by atoms with E-state index < -0.39 is 17.7 Å². The molecule has 0 radical (unpaired) electrons. The normalized spacial score (nSPS) is 12.7. The summed E-state index contributed by atoms with van der Waals surface area (Å²) in [5.41, 5.74) is 2.23. The lowest BCUT2D eigenvalue weighted by atomic mass is 10.0. The predicted molar refractivity (Wildman–Crippen MR) is 58.9 cm³/mol. The Morgan fingerprint density at radius 2 is 2.06 bits per heavy atom. The van der Waals surface area contributed by atoms with Crippen molar-refractivity contribution < 1.29 is 8.78 Å². The summed E-state index contributed by atoms with van der Waals surface area (Å²) in [6.07, 6.45) is 0.141. The van der Waals surface area contributed by atoms with Crippen LogP contribution in [0.15, 0.2) is 18.2 Å². The van der Waals surface area contributed by atoms with Crippen molar-refractivity contribution >= 4 is 0 Å². The fourth-order valence-electron chi connectivity index (χ4n) is 1.68. The highest BCUT2D eigenvalue weighted by Crippen LogP contribution is 2.22. The number of nitrogens with zero attached hydrogens (tertiary/aromatic N) is 4. The van der Waals surface area contributed by atoms with Gasteiger partial charge in [-0.05, 0) is 17.3 Å². The number of nitrogens with two attached hydrogens (primary N) is 1. The molecule has 0 fully saturated rings. The second-order valence-electron chi connectivity index (χ2n) is 3.75. The molecule has 1 heterocycles. The standard InChI is InChI=1S/C10H12F2N6/c1-18-16-9(15-17-18)5-8(14-13)10-6(11)3-2-4-7(10)12/h2-4,8,14H,5,13H2,1H3. The number of tetrazole rings is 1. The molecule has 1 aromatic heterocycles. The second kappa shape index (κ2) is 5.15. The van der Waals surface area contributed by atoms with Gasteiger partial charge in [-0.25, -0.2) is 8.78 Å². The van der Waals surface area contributed by atoms with E-state index in [2.05, 4.69) is 20.8 Å². The van der Waals surface area contributed by atoms with Gasteiger partial charge in [-0.15, -0.1) is 10.2 Å². The lowest BCUT2D eigenvalue weighted by Gasteiger charge is -2.15. The van der Waals surface area contributed by atoms with Gasteiger partial charge in [0.25, 0.3) is 0 Å². The van der Waals surface area contributed by atoms with Gasteiger partial charge >= 0.3 is 0 Å². The molecule has 18 heavy (non-hydrogen) atoms. The smallest absolute Gasteiger partial charge is 0.176 e. The van der Waals surface area contributed by atoms with Gasteiger partial charge in [-0.1, -0.05) is 6.07 Å². The Morgan fingerprint density at radius 3 is 2.56 bits per heavy atom. The van der Waals surface area contributed by atoms with Crippen LogP contribution in [-0.4, -0.2) is 20.2 Å². The van der Waals surface area contributed by atoms with Gasteiger partial charge < -0.3 is 0 Å². The van der Waals surface area contributed by atoms with Crippen LogP contribution in [0.2, 0.25) is 0 Å². The van der Waals surface area contributed by atoms with Crippen molar-refractivity contribution in [2.45, 2.75) is 12.5 Å². The van der Waals surface area contributed by atoms with Crippen molar-refractivity contribution in [2.75, 3.05) is 0 Å². The van der Waals surface area contributed by atoms with E-state index in [0.29, 0.717) is 5.82 Å². The molecule has 0 saturated carbocycles. The molecule has 0 aliphatic rings. The predicted octanol–water partition coefficient (Wildman–Crippen LogP) is 0.235. The molecular formula is C10H12F2N6. The van der Waals surface area contributed by atoms with Gasteiger partial charge in [0.1, 0.15) is 11.6 Å². The maximum Gasteiger partial charge on any atom is 0.176 e. The lowest BCUT2D eigenvalue weighted by molar-refractivity contribution is 0.466. The van der Waals surface area contributed by atoms with Gasteiger partial charge in [0, 0.05) is 12.0 Å². The van der Waals surface area contributed by atoms with E-state index in [4.69, 9.17) is 5.84 Å². The number of hydrazine groups is 1. The van der Waals surface area contributed by atoms with E-state index in [0.717, 1.165) is 0 Å². The van der Waals surface area contributed by atoms with Crippen LogP contribution in [0.4, 0.5) is 8.78 Å². The molecule has 3 N–H and O–H groups in total. The summed E-state index contributed by atoms with van der Waals surface area (Å²) < 4.78 is 27.2. The molecule has 8 heteroatoms. The zero-order valence-corrected chi connectivity index (χ0v) is 9.64. The molecule has 0 saturated heterocycles. The van der Waals surface area contributed by atoms with Crippen molar-refractivity contribution in [2.24, 2.45) is 12.9 Å². The molecular weight excluding hydrogens is 242 g/mol. The molecule has 0 bridgehead atoms. The zero-order chi connectivity index (χ0) is 13.1. The van der Waals surface area contributed by atoms with Crippen LogP contribution in [-0.2, 0) is 13.5 Å². The SMILES string of the molecule is Cn1nnc(CC(NN)c2c(F)cccc2F)n1. The molecule has 2 rings (SSSR count). The molecule has 6 nitrogen and oxygen atoms in total. The highest BCUT2D eigenvalue weighted by atomic mass is 19.1. The average molecular weight is 254 g/mol. The van der Waals surface area contributed by atoms with Crippen LogP contribution >= 0.6 is 0 Å². The second-order valence-corrected chi connectivity index (χ2v) is 3.75. The van der Waals surface area contributed by atoms with Crippen LogP contribution in [0.1, 0.15) is 17.4 Å². The number of halogens is 2. The van der Waals surface area contributed by atoms with Crippen LogP contribution in [0.25, 0.3) is 0 Å². The topological polar surface area (TPSA) is 81.7 Å². The van der Waals surface area contributed by atoms with E-state index in [9.17, 15) is 8.78 Å². The fourth-order valence-corrected chi connectivity index (χ4v) is 1.68. The number of hydrogen-bond donors (Lipinski definition) is 2. The summed E-state index contributed by atoms with van der Waals surface area (Å²) in [7, 11) is 1.60. The van der Waals surface area contributed by atoms with Gasteiger partial charge in [0.15, 0.2) is 5.82 Å². The fraction of sp³-hybridized carbons (Fsp3) is 0.300. The lowest BCUT2D eigenvalue weighted by Crippen LogP contribution is -2.31. The van der Waals surface area contributed by atoms with Crippen molar-refractivity contribution in [1.29, 1.82) is 0 Å². The Bertz CT molecular complexity index is 521. The highest BCUT2D eigenvalue weighted by Gasteiger charge is 2.21. The van der Waals surface area contributed by atoms with E-state index in [1.165, 1.54) is 23.0 Å². The third-order valence-electron chi connectivity index (χ3n) is 2.49. The first-order valence-corrected chi connectivity index (χ1v) is 5.24. The molecule has 0 amide bonds. The Balaban J connectivity index is 2.28. The minimum atomic E-state index is -0.754. The van der Waals surface area contributed by atoms with Gasteiger partial charge in [0.05, 0.1) is 13.1 Å². The summed E-state index contributed by atoms with van der Waals surface area (Å²) in [6.45, 7) is 0. The highest BCUT2D eigenvalue weighted by molar-refractivity contribution is 5.24. The first kappa shape index (κ1) is 12.5. The molecule has 0 aliphatic heterocycles. The van der Waals surface area contributed by atoms with Gasteiger partial charge in [-0.3, -0.25) is 11.3 Å². The number of aromatic nitrogens is 4. The summed E-state index contributed by atoms with van der Waals surface area (Å²) in [5, 5.41) is 11.3. The van der Waals surface area contributed by atoms with E-state index in [1.807, 2.05) is 0 Å². The van der Waals surface area contributed by atoms with Gasteiger partial charge in [0.2, 0.25) is 0 Å². The monoisotopic (exact) mass is 254 g/mol. The van der Waals surface area contributed by atoms with Crippen molar-refractivity contribution in [3.8, 4) is 0 Å². The first-order chi connectivity index (χ1) is 8.61. The number of aryl methyl sites for hydroxylation is 1. The summed E-state index contributed by atoms with van der Waals surface area (Å²) >= 11 is 0. The maximum absolute atomic E-state index is 13.6. The van der Waals surface area contributed by atoms with Crippen LogP contribution in [0.5, 0.6) is 0 Å². The summed E-state index contributed by atoms with van der Waals surface area (Å²) in [6, 6.07) is 2.89. The Kier molecular flexibility index (Phi) is 3.58. The first-order valence-electron chi connectivity index (χ1n) is 5.24. The molecule has 0 aliphatic carbocycles. The van der Waals surface area contributed by atoms with Gasteiger partial charge in [-0.2, -0.15) is 4.80 Å². The van der Waals surface area contributed by atoms with Crippen molar-refractivity contribution in [3.63, 3.8) is 0 Å². The number of nitrogens with one attached hydrogen (secondary N) is 1. The Labute approximate surface area is 102 Å². The number of benzene rings is 1. The Morgan fingerprint density at radius 1 is 1.39 bits per heavy atom. The summed E-state index contributed by atoms with van der Waals surface area (Å²) in [4.78, 5) is 1.26. The largest absolute Gasteiger partial charge is 0.271 e. The quantitative estimate of drug-likeness (QED) is 0.603. The minimum Gasteiger partial charge on any atom is -0.271 e. The van der Waals surface area contributed by atoms with E-state index in [1.54, 1.807) is 7.05 Å². The summed E-state index contributed by atoms with van der Waals surface area (Å²) in [5.74, 6) is 4.35. The van der Waals surface area contributed by atoms with E-state index >= 15 is 0 Å². The third-order valence-corrected chi connectivity index (χ3v) is 2.49. The van der Waals surface area contributed by atoms with Crippen LogP contribution < -0.4 is 11.3 Å². The maximum atomic E-state index is 13.6. The molecule has 0 spiro atoms. The third kappa shape index (κ3) is 2.49. The number of rotatable bonds is 4. The molecule has 1 atom stereocenters. The van der Waals surface area contributed by atoms with Crippen molar-refractivity contribution in [1.82, 2.24) is 25.6 Å². The average Bonchev–Trinajstić information content (AvgIpc) is 2.73. The van der Waals surface area contributed by atoms with Crippen molar-refractivity contribution in [3.05, 3.63) is 41.2 Å². The van der Waals surface area contributed by atoms with Crippen LogP contribution in [0, 0.1) is 11.6 Å². The molecule has 1 aromatic carbocycles. The minimum absolute atomic E-state index is 0.132. The molecule has 96 valence electrons. The molecule has 1 unspecified atom stereocenters. The molecule has 2 aromatic rings.